The number of halogens is 1. The number of hydrogen-bond acceptors (Lipinski definition) is 5. The predicted molar refractivity (Wildman–Crippen MR) is 93.8 cm³/mol. The second-order valence-corrected chi connectivity index (χ2v) is 6.76. The number of nitrogens with one attached hydrogen (secondary N) is 2. The van der Waals surface area contributed by atoms with Gasteiger partial charge in [-0.2, -0.15) is 0 Å². The summed E-state index contributed by atoms with van der Waals surface area (Å²) >= 11 is 0. The maximum atomic E-state index is 13.3. The highest BCUT2D eigenvalue weighted by Crippen LogP contribution is 2.26. The van der Waals surface area contributed by atoms with E-state index in [-0.39, 0.29) is 22.8 Å². The Hall–Kier alpha value is -2.61. The Morgan fingerprint density at radius 1 is 1.12 bits per heavy atom. The molecule has 2 N–H and O–H groups in total. The van der Waals surface area contributed by atoms with E-state index < -0.39 is 21.8 Å². The van der Waals surface area contributed by atoms with Crippen LogP contribution in [0, 0.1) is 5.82 Å². The third kappa shape index (κ3) is 4.69. The Kier molecular flexibility index (Phi) is 5.97. The van der Waals surface area contributed by atoms with Gasteiger partial charge in [0.25, 0.3) is 10.0 Å². The van der Waals surface area contributed by atoms with Crippen LogP contribution in [-0.4, -0.2) is 27.5 Å². The normalized spacial score (nSPS) is 11.0. The molecule has 0 saturated heterocycles. The summed E-state index contributed by atoms with van der Waals surface area (Å²) in [6.45, 7) is 4.29. The standard InChI is InChI=1S/C17H19FN2O4S/c1-3-19-15-9-8-12(17(21)24-4-2)10-16(15)20-25(22,23)14-7-5-6-13(18)11-14/h5-11,19-20H,3-4H2,1-2H3. The molecule has 0 aliphatic heterocycles. The van der Waals surface area contributed by atoms with Gasteiger partial charge in [-0.3, -0.25) is 4.72 Å². The molecule has 0 amide bonds. The number of carbonyl (C=O) groups excluding carboxylic acids is 1. The van der Waals surface area contributed by atoms with Crippen molar-refractivity contribution in [1.82, 2.24) is 0 Å². The van der Waals surface area contributed by atoms with E-state index in [9.17, 15) is 17.6 Å². The van der Waals surface area contributed by atoms with Crippen LogP contribution in [-0.2, 0) is 14.8 Å². The quantitative estimate of drug-likeness (QED) is 0.735. The SMILES string of the molecule is CCNc1ccc(C(=O)OCC)cc1NS(=O)(=O)c1cccc(F)c1. The van der Waals surface area contributed by atoms with E-state index in [0.29, 0.717) is 12.2 Å². The smallest absolute Gasteiger partial charge is 0.338 e. The molecule has 0 heterocycles. The van der Waals surface area contributed by atoms with Crippen molar-refractivity contribution in [2.45, 2.75) is 18.7 Å². The minimum Gasteiger partial charge on any atom is -0.462 e. The number of rotatable bonds is 7. The summed E-state index contributed by atoms with van der Waals surface area (Å²) in [5.41, 5.74) is 0.882. The zero-order chi connectivity index (χ0) is 18.4. The molecule has 0 radical (unpaired) electrons. The van der Waals surface area contributed by atoms with Gasteiger partial charge < -0.3 is 10.1 Å². The summed E-state index contributed by atoms with van der Waals surface area (Å²) in [6, 6.07) is 9.18. The maximum Gasteiger partial charge on any atom is 0.338 e. The number of benzene rings is 2. The lowest BCUT2D eigenvalue weighted by molar-refractivity contribution is 0.0526. The van der Waals surface area contributed by atoms with Gasteiger partial charge in [-0.15, -0.1) is 0 Å². The van der Waals surface area contributed by atoms with Gasteiger partial charge in [-0.1, -0.05) is 6.07 Å². The summed E-state index contributed by atoms with van der Waals surface area (Å²) in [6.07, 6.45) is 0. The van der Waals surface area contributed by atoms with Crippen LogP contribution in [0.25, 0.3) is 0 Å². The maximum absolute atomic E-state index is 13.3. The molecule has 0 aliphatic rings. The molecule has 0 bridgehead atoms. The number of hydrogen-bond donors (Lipinski definition) is 2. The van der Waals surface area contributed by atoms with Crippen molar-refractivity contribution in [2.75, 3.05) is 23.2 Å². The monoisotopic (exact) mass is 366 g/mol. The van der Waals surface area contributed by atoms with Crippen LogP contribution >= 0.6 is 0 Å². The molecule has 0 fully saturated rings. The van der Waals surface area contributed by atoms with Crippen molar-refractivity contribution in [1.29, 1.82) is 0 Å². The minimum atomic E-state index is -4.01. The van der Waals surface area contributed by atoms with Crippen molar-refractivity contribution in [3.63, 3.8) is 0 Å². The van der Waals surface area contributed by atoms with Gasteiger partial charge in [0, 0.05) is 6.54 Å². The summed E-state index contributed by atoms with van der Waals surface area (Å²) < 4.78 is 45.6. The van der Waals surface area contributed by atoms with Crippen LogP contribution in [0.2, 0.25) is 0 Å². The second kappa shape index (κ2) is 7.98. The van der Waals surface area contributed by atoms with Crippen molar-refractivity contribution in [2.24, 2.45) is 0 Å². The lowest BCUT2D eigenvalue weighted by Gasteiger charge is -2.15. The van der Waals surface area contributed by atoms with E-state index >= 15 is 0 Å². The second-order valence-electron chi connectivity index (χ2n) is 5.07. The van der Waals surface area contributed by atoms with Gasteiger partial charge in [-0.25, -0.2) is 17.6 Å². The first-order chi connectivity index (χ1) is 11.9. The van der Waals surface area contributed by atoms with Crippen molar-refractivity contribution >= 4 is 27.4 Å². The van der Waals surface area contributed by atoms with Crippen LogP contribution in [0.3, 0.4) is 0 Å². The lowest BCUT2D eigenvalue weighted by atomic mass is 10.1. The van der Waals surface area contributed by atoms with E-state index in [1.807, 2.05) is 6.92 Å². The third-order valence-corrected chi connectivity index (χ3v) is 4.61. The number of ether oxygens (including phenoxy) is 1. The van der Waals surface area contributed by atoms with Gasteiger partial charge in [-0.05, 0) is 50.2 Å². The summed E-state index contributed by atoms with van der Waals surface area (Å²) in [5.74, 6) is -1.22. The number of carbonyl (C=O) groups is 1. The summed E-state index contributed by atoms with van der Waals surface area (Å²) in [5, 5.41) is 3.01. The average molecular weight is 366 g/mol. The van der Waals surface area contributed by atoms with Crippen LogP contribution in [0.15, 0.2) is 47.4 Å². The zero-order valence-corrected chi connectivity index (χ0v) is 14.7. The van der Waals surface area contributed by atoms with E-state index in [0.717, 1.165) is 12.1 Å². The molecule has 0 aromatic heterocycles. The minimum absolute atomic E-state index is 0.177. The summed E-state index contributed by atoms with van der Waals surface area (Å²) in [7, 11) is -4.01. The summed E-state index contributed by atoms with van der Waals surface area (Å²) in [4.78, 5) is 11.7. The molecule has 134 valence electrons. The Morgan fingerprint density at radius 2 is 1.88 bits per heavy atom. The molecule has 0 aliphatic carbocycles. The molecule has 25 heavy (non-hydrogen) atoms. The van der Waals surface area contributed by atoms with Gasteiger partial charge in [0.2, 0.25) is 0 Å². The Balaban J connectivity index is 2.41. The highest BCUT2D eigenvalue weighted by molar-refractivity contribution is 7.92. The largest absolute Gasteiger partial charge is 0.462 e. The highest BCUT2D eigenvalue weighted by Gasteiger charge is 2.18. The first-order valence-electron chi connectivity index (χ1n) is 7.70. The van der Waals surface area contributed by atoms with Crippen LogP contribution in [0.1, 0.15) is 24.2 Å². The number of sulfonamides is 1. The van der Waals surface area contributed by atoms with Crippen LogP contribution in [0.4, 0.5) is 15.8 Å². The van der Waals surface area contributed by atoms with Crippen LogP contribution < -0.4 is 10.0 Å². The molecule has 0 atom stereocenters. The van der Waals surface area contributed by atoms with E-state index in [4.69, 9.17) is 4.74 Å². The Bertz CT molecular complexity index is 869. The molecule has 2 aromatic carbocycles. The molecule has 2 aromatic rings. The Morgan fingerprint density at radius 3 is 2.52 bits per heavy atom. The molecule has 0 spiro atoms. The molecule has 8 heteroatoms. The van der Waals surface area contributed by atoms with Gasteiger partial charge in [0.15, 0.2) is 0 Å². The third-order valence-electron chi connectivity index (χ3n) is 3.25. The average Bonchev–Trinajstić information content (AvgIpc) is 2.56. The zero-order valence-electron chi connectivity index (χ0n) is 13.9. The topological polar surface area (TPSA) is 84.5 Å². The van der Waals surface area contributed by atoms with Crippen molar-refractivity contribution < 1.29 is 22.3 Å². The molecule has 0 unspecified atom stereocenters. The highest BCUT2D eigenvalue weighted by atomic mass is 32.2. The molecule has 2 rings (SSSR count). The molecular weight excluding hydrogens is 347 g/mol. The van der Waals surface area contributed by atoms with E-state index in [2.05, 4.69) is 10.0 Å². The molecule has 0 saturated carbocycles. The number of anilines is 2. The lowest BCUT2D eigenvalue weighted by Crippen LogP contribution is -2.16. The van der Waals surface area contributed by atoms with Crippen LogP contribution in [0.5, 0.6) is 0 Å². The fourth-order valence-electron chi connectivity index (χ4n) is 2.15. The van der Waals surface area contributed by atoms with Crippen molar-refractivity contribution in [3.05, 3.63) is 53.8 Å². The van der Waals surface area contributed by atoms with Gasteiger partial charge in [0.05, 0.1) is 28.4 Å². The number of esters is 1. The first-order valence-corrected chi connectivity index (χ1v) is 9.19. The first kappa shape index (κ1) is 18.7. The fourth-order valence-corrected chi connectivity index (χ4v) is 3.25. The van der Waals surface area contributed by atoms with E-state index in [1.54, 1.807) is 13.0 Å². The van der Waals surface area contributed by atoms with Gasteiger partial charge in [0.1, 0.15) is 5.82 Å². The predicted octanol–water partition coefficient (Wildman–Crippen LogP) is 3.24. The molecular formula is C17H19FN2O4S. The fraction of sp³-hybridized carbons (Fsp3) is 0.235. The van der Waals surface area contributed by atoms with E-state index in [1.165, 1.54) is 24.3 Å². The van der Waals surface area contributed by atoms with Crippen molar-refractivity contribution in [3.8, 4) is 0 Å². The molecule has 6 nitrogen and oxygen atoms in total. The Labute approximate surface area is 146 Å². The van der Waals surface area contributed by atoms with Gasteiger partial charge >= 0.3 is 5.97 Å².